The quantitative estimate of drug-likeness (QED) is 0.309. The van der Waals surface area contributed by atoms with Crippen molar-refractivity contribution >= 4 is 44.9 Å². The topological polar surface area (TPSA) is 195 Å². The molecule has 3 N–H and O–H groups in total. The number of carbonyl (C=O) groups excluding carboxylic acids is 4. The van der Waals surface area contributed by atoms with Gasteiger partial charge in [0.25, 0.3) is 5.91 Å². The number of ether oxygens (including phenoxy) is 3. The van der Waals surface area contributed by atoms with Crippen molar-refractivity contribution < 1.29 is 55.0 Å². The van der Waals surface area contributed by atoms with Crippen molar-refractivity contribution in [3.05, 3.63) is 36.0 Å². The van der Waals surface area contributed by atoms with Gasteiger partial charge in [0.05, 0.1) is 29.4 Å². The lowest BCUT2D eigenvalue weighted by Crippen LogP contribution is -2.58. The first-order chi connectivity index (χ1) is 27.4. The van der Waals surface area contributed by atoms with Crippen LogP contribution in [0.3, 0.4) is 0 Å². The van der Waals surface area contributed by atoms with E-state index in [0.29, 0.717) is 57.1 Å². The normalized spacial score (nSPS) is 28.8. The number of halogens is 3. The fourth-order valence-electron chi connectivity index (χ4n) is 8.14. The maximum atomic E-state index is 14.6. The van der Waals surface area contributed by atoms with E-state index in [-0.39, 0.29) is 30.3 Å². The number of alkyl carbamates (subject to hydrolysis) is 1. The fourth-order valence-corrected chi connectivity index (χ4v) is 9.45. The first kappa shape index (κ1) is 41.5. The third-order valence-corrected chi connectivity index (χ3v) is 14.3. The predicted octanol–water partition coefficient (Wildman–Crippen LogP) is 4.83. The van der Waals surface area contributed by atoms with Crippen LogP contribution in [0.5, 0.6) is 11.6 Å². The van der Waals surface area contributed by atoms with Gasteiger partial charge in [-0.2, -0.15) is 13.2 Å². The smallest absolute Gasteiger partial charge is 0.438 e. The van der Waals surface area contributed by atoms with Gasteiger partial charge in [-0.05, 0) is 90.2 Å². The van der Waals surface area contributed by atoms with E-state index in [1.165, 1.54) is 32.2 Å². The van der Waals surface area contributed by atoms with Crippen molar-refractivity contribution in [3.63, 3.8) is 0 Å². The molecule has 19 heteroatoms. The van der Waals surface area contributed by atoms with Gasteiger partial charge < -0.3 is 29.7 Å². The average molecular weight is 835 g/mol. The molecule has 5 atom stereocenters. The zero-order valence-corrected chi connectivity index (χ0v) is 33.5. The second kappa shape index (κ2) is 15.5. The molecule has 3 saturated carbocycles. The molecule has 1 aromatic carbocycles. The molecule has 0 bridgehead atoms. The number of fused-ring (bicyclic) bond motifs is 3. The van der Waals surface area contributed by atoms with Crippen LogP contribution in [0.2, 0.25) is 0 Å². The van der Waals surface area contributed by atoms with Gasteiger partial charge in [0.1, 0.15) is 35.1 Å². The SMILES string of the molecule is COc1ccc2nc(C(F)(F)F)c(O[C@@H]3C[C@H]4C(=O)N[C@]5(C(=O)NS(=O)(=O)C6(C)CC6)C[C@H]5/C=C\CCCCC[C@H](NC(=O)OC5(C)CCCC5)C(=O)N4C3)nc2c1. The fraction of sp³-hybridized carbons (Fsp3) is 0.641. The molecule has 7 rings (SSSR count). The summed E-state index contributed by atoms with van der Waals surface area (Å²) < 4.78 is 87.5. The zero-order valence-electron chi connectivity index (χ0n) is 32.7. The summed E-state index contributed by atoms with van der Waals surface area (Å²) in [5.74, 6) is -3.60. The number of allylic oxidation sites excluding steroid dienone is 1. The first-order valence-corrected chi connectivity index (χ1v) is 21.3. The van der Waals surface area contributed by atoms with E-state index in [2.05, 4.69) is 25.3 Å². The Kier molecular flexibility index (Phi) is 11.1. The number of benzene rings is 1. The lowest BCUT2D eigenvalue weighted by molar-refractivity contribution is -0.143. The number of carbonyl (C=O) groups is 4. The lowest BCUT2D eigenvalue weighted by atomic mass is 10.0. The number of nitrogens with one attached hydrogen (secondary N) is 3. The standard InChI is InChI=1S/C39H49F3N6O9S/c1-36(15-9-10-16-36)57-35(52)45-27-12-8-6-4-5-7-11-23-21-38(23,34(51)47-58(53,54)37(2)17-18-37)46-31(49)29-20-25(22-48(29)33(27)50)56-32-30(39(40,41)42)43-26-14-13-24(55-3)19-28(26)44-32/h7,11,13-14,19,23,25,27,29H,4-6,8-10,12,15-18,20-22H2,1-3H3,(H,45,52)(H,46,49)(H,47,51)/b11-7-/t23-,25-,27+,29+,38-/m1/s1. The second-order valence-electron chi connectivity index (χ2n) is 16.7. The molecule has 2 aromatic rings. The molecule has 15 nitrogen and oxygen atoms in total. The van der Waals surface area contributed by atoms with Crippen LogP contribution in [0, 0.1) is 5.92 Å². The van der Waals surface area contributed by atoms with Crippen LogP contribution >= 0.6 is 0 Å². The van der Waals surface area contributed by atoms with Gasteiger partial charge in [-0.25, -0.2) is 23.2 Å². The molecule has 316 valence electrons. The van der Waals surface area contributed by atoms with Gasteiger partial charge in [0.15, 0.2) is 0 Å². The number of nitrogens with zero attached hydrogens (tertiary/aromatic N) is 3. The van der Waals surface area contributed by atoms with Gasteiger partial charge in [0.2, 0.25) is 33.4 Å². The van der Waals surface area contributed by atoms with E-state index < -0.39 is 98.1 Å². The monoisotopic (exact) mass is 834 g/mol. The van der Waals surface area contributed by atoms with Crippen molar-refractivity contribution in [2.75, 3.05) is 13.7 Å². The van der Waals surface area contributed by atoms with E-state index in [1.54, 1.807) is 6.08 Å². The van der Waals surface area contributed by atoms with Crippen molar-refractivity contribution in [3.8, 4) is 11.6 Å². The lowest BCUT2D eigenvalue weighted by Gasteiger charge is -2.31. The van der Waals surface area contributed by atoms with Crippen LogP contribution in [0.4, 0.5) is 18.0 Å². The third kappa shape index (κ3) is 8.54. The number of amides is 4. The highest BCUT2D eigenvalue weighted by Crippen LogP contribution is 2.48. The highest BCUT2D eigenvalue weighted by Gasteiger charge is 2.63. The highest BCUT2D eigenvalue weighted by atomic mass is 32.2. The van der Waals surface area contributed by atoms with E-state index in [0.717, 1.165) is 17.7 Å². The minimum atomic E-state index is -5.00. The molecule has 2 aliphatic heterocycles. The molecule has 1 aromatic heterocycles. The van der Waals surface area contributed by atoms with E-state index in [9.17, 15) is 40.8 Å². The summed E-state index contributed by atoms with van der Waals surface area (Å²) in [7, 11) is -2.71. The van der Waals surface area contributed by atoms with E-state index in [1.807, 2.05) is 13.0 Å². The molecular formula is C39H49F3N6O9S. The molecule has 58 heavy (non-hydrogen) atoms. The van der Waals surface area contributed by atoms with Crippen LogP contribution in [-0.4, -0.2) is 94.8 Å². The minimum absolute atomic E-state index is 0.0403. The van der Waals surface area contributed by atoms with Crippen LogP contribution in [0.25, 0.3) is 11.0 Å². The third-order valence-electron chi connectivity index (χ3n) is 12.2. The summed E-state index contributed by atoms with van der Waals surface area (Å²) >= 11 is 0. The summed E-state index contributed by atoms with van der Waals surface area (Å²) in [5, 5.41) is 5.44. The Morgan fingerprint density at radius 1 is 1.00 bits per heavy atom. The summed E-state index contributed by atoms with van der Waals surface area (Å²) in [6.45, 7) is 2.95. The van der Waals surface area contributed by atoms with Gasteiger partial charge in [-0.1, -0.05) is 25.0 Å². The summed E-state index contributed by atoms with van der Waals surface area (Å²) in [5.41, 5.74) is -3.84. The predicted molar refractivity (Wildman–Crippen MR) is 202 cm³/mol. The average Bonchev–Trinajstić information content (AvgIpc) is 3.97. The zero-order chi connectivity index (χ0) is 41.7. The number of sulfonamides is 1. The Balaban J connectivity index is 1.21. The molecule has 5 aliphatic rings. The van der Waals surface area contributed by atoms with Crippen molar-refractivity contribution in [2.45, 2.75) is 138 Å². The second-order valence-corrected chi connectivity index (χ2v) is 18.9. The first-order valence-electron chi connectivity index (χ1n) is 19.8. The molecule has 0 radical (unpaired) electrons. The molecular weight excluding hydrogens is 786 g/mol. The molecule has 4 amide bonds. The Morgan fingerprint density at radius 3 is 2.43 bits per heavy atom. The van der Waals surface area contributed by atoms with E-state index in [4.69, 9.17) is 14.2 Å². The molecule has 0 unspecified atom stereocenters. The van der Waals surface area contributed by atoms with Crippen LogP contribution in [0.15, 0.2) is 30.4 Å². The minimum Gasteiger partial charge on any atom is -0.497 e. The molecule has 0 spiro atoms. The van der Waals surface area contributed by atoms with Crippen LogP contribution < -0.4 is 24.8 Å². The molecule has 1 saturated heterocycles. The number of rotatable bonds is 8. The van der Waals surface area contributed by atoms with E-state index >= 15 is 0 Å². The number of methoxy groups -OCH3 is 1. The number of alkyl halides is 3. The molecule has 3 heterocycles. The Bertz CT molecular complexity index is 2110. The Labute approximate surface area is 334 Å². The maximum absolute atomic E-state index is 14.6. The van der Waals surface area contributed by atoms with Crippen molar-refractivity contribution in [1.29, 1.82) is 0 Å². The number of hydrogen-bond donors (Lipinski definition) is 3. The largest absolute Gasteiger partial charge is 0.497 e. The van der Waals surface area contributed by atoms with Gasteiger partial charge in [-0.15, -0.1) is 0 Å². The van der Waals surface area contributed by atoms with Crippen molar-refractivity contribution in [1.82, 2.24) is 30.2 Å². The maximum Gasteiger partial charge on any atom is 0.438 e. The van der Waals surface area contributed by atoms with Gasteiger partial charge in [0, 0.05) is 18.4 Å². The Morgan fingerprint density at radius 2 is 1.74 bits per heavy atom. The van der Waals surface area contributed by atoms with Crippen LogP contribution in [0.1, 0.15) is 103 Å². The summed E-state index contributed by atoms with van der Waals surface area (Å²) in [6.07, 6.45) is 2.78. The van der Waals surface area contributed by atoms with Gasteiger partial charge >= 0.3 is 12.3 Å². The van der Waals surface area contributed by atoms with Crippen LogP contribution in [-0.2, 0) is 35.3 Å². The number of hydrogen-bond acceptors (Lipinski definition) is 11. The van der Waals surface area contributed by atoms with Gasteiger partial charge in [-0.3, -0.25) is 19.1 Å². The highest BCUT2D eigenvalue weighted by molar-refractivity contribution is 7.91. The summed E-state index contributed by atoms with van der Waals surface area (Å²) in [4.78, 5) is 65.2. The van der Waals surface area contributed by atoms with Crippen molar-refractivity contribution in [2.24, 2.45) is 5.92 Å². The Hall–Kier alpha value is -4.68. The summed E-state index contributed by atoms with van der Waals surface area (Å²) in [6, 6.07) is 1.56. The number of aromatic nitrogens is 2. The molecule has 3 aliphatic carbocycles. The molecule has 4 fully saturated rings.